The van der Waals surface area contributed by atoms with Crippen molar-refractivity contribution < 1.29 is 9.84 Å². The fourth-order valence-electron chi connectivity index (χ4n) is 4.46. The minimum Gasteiger partial charge on any atom is -0.472 e. The Kier molecular flexibility index (Phi) is 6.92. The highest BCUT2D eigenvalue weighted by atomic mass is 32.1. The number of benzene rings is 2. The molecule has 0 spiro atoms. The molecule has 7 nitrogen and oxygen atoms in total. The minimum absolute atomic E-state index is 0.376. The zero-order valence-electron chi connectivity index (χ0n) is 19.7. The average molecular weight is 478 g/mol. The van der Waals surface area contributed by atoms with Gasteiger partial charge < -0.3 is 9.84 Å². The van der Waals surface area contributed by atoms with Crippen LogP contribution in [0.2, 0.25) is 0 Å². The largest absolute Gasteiger partial charge is 0.472 e. The quantitative estimate of drug-likeness (QED) is 0.416. The van der Waals surface area contributed by atoms with Crippen LogP contribution in [0.1, 0.15) is 11.9 Å². The maximum Gasteiger partial charge on any atom is 0.178 e. The normalized spacial score (nSPS) is 17.1. The molecule has 5 rings (SSSR count). The molecule has 1 aliphatic heterocycles. The van der Waals surface area contributed by atoms with Gasteiger partial charge in [-0.25, -0.2) is 4.98 Å². The molecule has 1 fully saturated rings. The second-order valence-electron chi connectivity index (χ2n) is 8.85. The first-order valence-corrected chi connectivity index (χ1v) is 12.6. The first-order chi connectivity index (χ1) is 16.5. The second-order valence-corrected chi connectivity index (χ2v) is 10.1. The maximum atomic E-state index is 10.5. The van der Waals surface area contributed by atoms with Crippen molar-refractivity contribution in [2.75, 3.05) is 32.7 Å². The Morgan fingerprint density at radius 3 is 2.59 bits per heavy atom. The van der Waals surface area contributed by atoms with E-state index in [2.05, 4.69) is 50.3 Å². The van der Waals surface area contributed by atoms with E-state index in [0.717, 1.165) is 65.8 Å². The van der Waals surface area contributed by atoms with E-state index in [0.29, 0.717) is 0 Å². The van der Waals surface area contributed by atoms with E-state index >= 15 is 0 Å². The van der Waals surface area contributed by atoms with E-state index < -0.39 is 6.10 Å². The molecule has 8 heteroatoms. The number of aromatic nitrogens is 3. The number of hydrogen-bond acceptors (Lipinski definition) is 7. The van der Waals surface area contributed by atoms with Crippen molar-refractivity contribution in [1.82, 2.24) is 24.6 Å². The minimum atomic E-state index is -0.597. The van der Waals surface area contributed by atoms with Gasteiger partial charge in [-0.15, -0.1) is 11.3 Å². The van der Waals surface area contributed by atoms with Crippen molar-refractivity contribution in [2.24, 2.45) is 0 Å². The van der Waals surface area contributed by atoms with E-state index in [1.807, 2.05) is 42.1 Å². The molecule has 1 saturated heterocycles. The van der Waals surface area contributed by atoms with Crippen LogP contribution < -0.4 is 4.74 Å². The standard InChI is InChI=1S/C26H31N5O2S/c1-19(32)26(33-23-8-9-25-24(16-23)28-20(2)34-25)30-13-10-29(11-14-30)12-15-31-18-22(17-27-31)21-6-4-3-5-7-21/h3-9,16-19,26,32H,10-15H2,1-2H3/t19-,26?/m0/s1. The van der Waals surface area contributed by atoms with Crippen LogP contribution in [0.15, 0.2) is 60.9 Å². The van der Waals surface area contributed by atoms with Gasteiger partial charge in [-0.05, 0) is 31.5 Å². The van der Waals surface area contributed by atoms with Crippen molar-refractivity contribution >= 4 is 21.6 Å². The molecule has 2 atom stereocenters. The SMILES string of the molecule is Cc1nc2cc(OC([C@H](C)O)N3CCN(CCn4cc(-c5ccccc5)cn4)CC3)ccc2s1. The second kappa shape index (κ2) is 10.2. The summed E-state index contributed by atoms with van der Waals surface area (Å²) in [7, 11) is 0. The Morgan fingerprint density at radius 1 is 1.03 bits per heavy atom. The molecule has 0 radical (unpaired) electrons. The lowest BCUT2D eigenvalue weighted by atomic mass is 10.1. The third-order valence-electron chi connectivity index (χ3n) is 6.29. The monoisotopic (exact) mass is 477 g/mol. The molecule has 1 aliphatic rings. The Balaban J connectivity index is 1.14. The molecule has 2 aromatic carbocycles. The fourth-order valence-corrected chi connectivity index (χ4v) is 5.27. The summed E-state index contributed by atoms with van der Waals surface area (Å²) in [5, 5.41) is 16.0. The third kappa shape index (κ3) is 5.31. The molecule has 0 saturated carbocycles. The first kappa shape index (κ1) is 23.0. The number of aliphatic hydroxyl groups is 1. The van der Waals surface area contributed by atoms with Crippen LogP contribution >= 0.6 is 11.3 Å². The lowest BCUT2D eigenvalue weighted by molar-refractivity contribution is -0.0746. The highest BCUT2D eigenvalue weighted by molar-refractivity contribution is 7.18. The number of piperazine rings is 1. The maximum absolute atomic E-state index is 10.5. The molecule has 4 aromatic rings. The topological polar surface area (TPSA) is 66.7 Å². The third-order valence-corrected chi connectivity index (χ3v) is 7.24. The van der Waals surface area contributed by atoms with E-state index in [1.165, 1.54) is 5.56 Å². The van der Waals surface area contributed by atoms with Gasteiger partial charge in [0, 0.05) is 50.6 Å². The molecular weight excluding hydrogens is 446 g/mol. The van der Waals surface area contributed by atoms with Gasteiger partial charge in [0.15, 0.2) is 6.23 Å². The summed E-state index contributed by atoms with van der Waals surface area (Å²) in [6.45, 7) is 9.18. The molecule has 0 bridgehead atoms. The predicted molar refractivity (Wildman–Crippen MR) is 136 cm³/mol. The van der Waals surface area contributed by atoms with Gasteiger partial charge in [-0.1, -0.05) is 30.3 Å². The summed E-state index contributed by atoms with van der Waals surface area (Å²) < 4.78 is 9.42. The van der Waals surface area contributed by atoms with Crippen LogP contribution in [-0.2, 0) is 6.54 Å². The highest BCUT2D eigenvalue weighted by Crippen LogP contribution is 2.27. The van der Waals surface area contributed by atoms with Crippen molar-refractivity contribution in [3.63, 3.8) is 0 Å². The van der Waals surface area contributed by atoms with Crippen LogP contribution in [0.3, 0.4) is 0 Å². The number of aliphatic hydroxyl groups excluding tert-OH is 1. The molecule has 1 unspecified atom stereocenters. The number of hydrogen-bond donors (Lipinski definition) is 1. The number of nitrogens with zero attached hydrogens (tertiary/aromatic N) is 5. The Hall–Kier alpha value is -2.78. The first-order valence-electron chi connectivity index (χ1n) is 11.8. The Morgan fingerprint density at radius 2 is 1.82 bits per heavy atom. The molecule has 3 heterocycles. The summed E-state index contributed by atoms with van der Waals surface area (Å²) in [6, 6.07) is 16.3. The lowest BCUT2D eigenvalue weighted by Gasteiger charge is -2.40. The van der Waals surface area contributed by atoms with Crippen molar-refractivity contribution in [1.29, 1.82) is 0 Å². The summed E-state index contributed by atoms with van der Waals surface area (Å²) in [4.78, 5) is 9.24. The molecule has 34 heavy (non-hydrogen) atoms. The van der Waals surface area contributed by atoms with E-state index in [1.54, 1.807) is 18.3 Å². The number of rotatable bonds is 8. The fraction of sp³-hybridized carbons (Fsp3) is 0.385. The van der Waals surface area contributed by atoms with E-state index in [-0.39, 0.29) is 6.23 Å². The van der Waals surface area contributed by atoms with Crippen LogP contribution in [-0.4, -0.2) is 74.7 Å². The van der Waals surface area contributed by atoms with Crippen LogP contribution in [0.5, 0.6) is 5.75 Å². The molecule has 178 valence electrons. The van der Waals surface area contributed by atoms with Gasteiger partial charge in [-0.3, -0.25) is 14.5 Å². The van der Waals surface area contributed by atoms with Crippen LogP contribution in [0.25, 0.3) is 21.3 Å². The Labute approximate surface area is 204 Å². The molecule has 1 N–H and O–H groups in total. The van der Waals surface area contributed by atoms with Crippen molar-refractivity contribution in [3.8, 4) is 16.9 Å². The van der Waals surface area contributed by atoms with Gasteiger partial charge >= 0.3 is 0 Å². The molecule has 2 aromatic heterocycles. The number of thiazole rings is 1. The summed E-state index contributed by atoms with van der Waals surface area (Å²) in [5.74, 6) is 0.749. The van der Waals surface area contributed by atoms with Gasteiger partial charge in [0.1, 0.15) is 11.9 Å². The van der Waals surface area contributed by atoms with Crippen LogP contribution in [0, 0.1) is 6.92 Å². The van der Waals surface area contributed by atoms with Gasteiger partial charge in [0.05, 0.1) is 28.0 Å². The lowest BCUT2D eigenvalue weighted by Crippen LogP contribution is -2.55. The van der Waals surface area contributed by atoms with Gasteiger partial charge in [0.2, 0.25) is 0 Å². The van der Waals surface area contributed by atoms with Gasteiger partial charge in [-0.2, -0.15) is 5.10 Å². The Bertz CT molecular complexity index is 1210. The number of fused-ring (bicyclic) bond motifs is 1. The zero-order chi connectivity index (χ0) is 23.5. The van der Waals surface area contributed by atoms with Gasteiger partial charge in [0.25, 0.3) is 0 Å². The average Bonchev–Trinajstić information content (AvgIpc) is 3.47. The smallest absolute Gasteiger partial charge is 0.178 e. The molecular formula is C26H31N5O2S. The zero-order valence-corrected chi connectivity index (χ0v) is 20.5. The van der Waals surface area contributed by atoms with E-state index in [9.17, 15) is 5.11 Å². The predicted octanol–water partition coefficient (Wildman–Crippen LogP) is 3.87. The van der Waals surface area contributed by atoms with E-state index in [4.69, 9.17) is 4.74 Å². The van der Waals surface area contributed by atoms with Crippen molar-refractivity contribution in [2.45, 2.75) is 32.7 Å². The number of ether oxygens (including phenoxy) is 1. The summed E-state index contributed by atoms with van der Waals surface area (Å²) in [5.41, 5.74) is 3.28. The summed E-state index contributed by atoms with van der Waals surface area (Å²) >= 11 is 1.68. The van der Waals surface area contributed by atoms with Crippen molar-refractivity contribution in [3.05, 3.63) is 65.9 Å². The highest BCUT2D eigenvalue weighted by Gasteiger charge is 2.28. The molecule has 0 aliphatic carbocycles. The van der Waals surface area contributed by atoms with Crippen LogP contribution in [0.4, 0.5) is 0 Å². The molecule has 0 amide bonds. The summed E-state index contributed by atoms with van der Waals surface area (Å²) in [6.07, 6.45) is 3.07. The number of aryl methyl sites for hydroxylation is 1.